The standard InChI is InChI=1S/C7H14N4O/c8-7(9)11-10-4-6-2-1-3-12-5-6/h4,6H,1-3,5H2,(H4,8,9,11). The summed E-state index contributed by atoms with van der Waals surface area (Å²) in [5.41, 5.74) is 10.2. The summed E-state index contributed by atoms with van der Waals surface area (Å²) in [4.78, 5) is 0. The van der Waals surface area contributed by atoms with E-state index in [0.717, 1.165) is 26.1 Å². The third-order valence-electron chi connectivity index (χ3n) is 1.65. The molecule has 1 fully saturated rings. The van der Waals surface area contributed by atoms with Crippen molar-refractivity contribution < 1.29 is 4.74 Å². The molecule has 1 saturated heterocycles. The van der Waals surface area contributed by atoms with Gasteiger partial charge in [0.15, 0.2) is 0 Å². The fourth-order valence-corrected chi connectivity index (χ4v) is 1.08. The Hall–Kier alpha value is -1.10. The van der Waals surface area contributed by atoms with Crippen molar-refractivity contribution in [3.05, 3.63) is 0 Å². The van der Waals surface area contributed by atoms with Crippen LogP contribution < -0.4 is 11.5 Å². The van der Waals surface area contributed by atoms with Crippen molar-refractivity contribution in [2.45, 2.75) is 12.8 Å². The van der Waals surface area contributed by atoms with E-state index in [0.29, 0.717) is 5.92 Å². The number of ether oxygens (including phenoxy) is 1. The SMILES string of the molecule is NC(N)=NN=CC1CCCOC1. The summed E-state index contributed by atoms with van der Waals surface area (Å²) in [6.07, 6.45) is 3.92. The second-order valence-electron chi connectivity index (χ2n) is 2.77. The lowest BCUT2D eigenvalue weighted by atomic mass is 10.0. The maximum atomic E-state index is 5.24. The molecule has 1 aliphatic heterocycles. The van der Waals surface area contributed by atoms with Crippen LogP contribution in [0.25, 0.3) is 0 Å². The van der Waals surface area contributed by atoms with Crippen molar-refractivity contribution in [2.24, 2.45) is 27.6 Å². The number of hydrogen-bond acceptors (Lipinski definition) is 3. The van der Waals surface area contributed by atoms with E-state index in [1.54, 1.807) is 6.21 Å². The average Bonchev–Trinajstić information content (AvgIpc) is 2.05. The Morgan fingerprint density at radius 3 is 2.92 bits per heavy atom. The van der Waals surface area contributed by atoms with Crippen molar-refractivity contribution >= 4 is 12.2 Å². The number of guanidine groups is 1. The van der Waals surface area contributed by atoms with Gasteiger partial charge < -0.3 is 16.2 Å². The topological polar surface area (TPSA) is 86.0 Å². The maximum Gasteiger partial charge on any atom is 0.211 e. The van der Waals surface area contributed by atoms with Crippen LogP contribution in [-0.2, 0) is 4.74 Å². The van der Waals surface area contributed by atoms with Gasteiger partial charge in [-0.3, -0.25) is 0 Å². The molecule has 0 radical (unpaired) electrons. The highest BCUT2D eigenvalue weighted by Crippen LogP contribution is 2.10. The van der Waals surface area contributed by atoms with Crippen molar-refractivity contribution in [3.8, 4) is 0 Å². The van der Waals surface area contributed by atoms with Crippen molar-refractivity contribution in [1.29, 1.82) is 0 Å². The van der Waals surface area contributed by atoms with Crippen molar-refractivity contribution in [3.63, 3.8) is 0 Å². The summed E-state index contributed by atoms with van der Waals surface area (Å²) in [6.45, 7) is 1.58. The smallest absolute Gasteiger partial charge is 0.211 e. The zero-order chi connectivity index (χ0) is 8.81. The van der Waals surface area contributed by atoms with E-state index in [-0.39, 0.29) is 5.96 Å². The first kappa shape index (κ1) is 8.99. The van der Waals surface area contributed by atoms with Crippen LogP contribution >= 0.6 is 0 Å². The molecule has 0 aliphatic carbocycles. The molecule has 5 heteroatoms. The molecule has 12 heavy (non-hydrogen) atoms. The molecule has 0 aromatic rings. The molecule has 0 spiro atoms. The van der Waals surface area contributed by atoms with Crippen LogP contribution in [0.15, 0.2) is 10.2 Å². The van der Waals surface area contributed by atoms with E-state index in [2.05, 4.69) is 10.2 Å². The molecule has 1 atom stereocenters. The lowest BCUT2D eigenvalue weighted by Crippen LogP contribution is -2.22. The molecule has 0 amide bonds. The van der Waals surface area contributed by atoms with Crippen LogP contribution in [0, 0.1) is 5.92 Å². The van der Waals surface area contributed by atoms with Gasteiger partial charge in [0.25, 0.3) is 0 Å². The van der Waals surface area contributed by atoms with Crippen molar-refractivity contribution in [1.82, 2.24) is 0 Å². The van der Waals surface area contributed by atoms with Gasteiger partial charge in [0.2, 0.25) is 5.96 Å². The fraction of sp³-hybridized carbons (Fsp3) is 0.714. The molecule has 5 nitrogen and oxygen atoms in total. The molecule has 1 heterocycles. The summed E-state index contributed by atoms with van der Waals surface area (Å²) in [6, 6.07) is 0. The normalized spacial score (nSPS) is 24.2. The first-order valence-corrected chi connectivity index (χ1v) is 3.99. The van der Waals surface area contributed by atoms with Gasteiger partial charge in [-0.1, -0.05) is 0 Å². The zero-order valence-electron chi connectivity index (χ0n) is 6.94. The van der Waals surface area contributed by atoms with Gasteiger partial charge in [0.05, 0.1) is 6.61 Å². The zero-order valence-corrected chi connectivity index (χ0v) is 6.94. The van der Waals surface area contributed by atoms with Crippen LogP contribution in [0.1, 0.15) is 12.8 Å². The third-order valence-corrected chi connectivity index (χ3v) is 1.65. The predicted molar refractivity (Wildman–Crippen MR) is 47.8 cm³/mol. The Labute approximate surface area is 71.5 Å². The summed E-state index contributed by atoms with van der Waals surface area (Å²) in [5, 5.41) is 7.23. The van der Waals surface area contributed by atoms with Gasteiger partial charge in [-0.2, -0.15) is 5.10 Å². The minimum absolute atomic E-state index is 0.0111. The van der Waals surface area contributed by atoms with Gasteiger partial charge >= 0.3 is 0 Å². The molecule has 0 aromatic heterocycles. The lowest BCUT2D eigenvalue weighted by Gasteiger charge is -2.17. The Balaban J connectivity index is 2.29. The van der Waals surface area contributed by atoms with Crippen LogP contribution in [0.4, 0.5) is 0 Å². The summed E-state index contributed by atoms with van der Waals surface area (Å²) in [7, 11) is 0. The highest BCUT2D eigenvalue weighted by atomic mass is 16.5. The third kappa shape index (κ3) is 3.34. The first-order chi connectivity index (χ1) is 5.79. The molecule has 0 bridgehead atoms. The van der Waals surface area contributed by atoms with Gasteiger partial charge in [-0.05, 0) is 12.8 Å². The summed E-state index contributed by atoms with van der Waals surface area (Å²) in [5.74, 6) is 0.352. The quantitative estimate of drug-likeness (QED) is 0.338. The molecule has 4 N–H and O–H groups in total. The molecular formula is C7H14N4O. The van der Waals surface area contributed by atoms with E-state index >= 15 is 0 Å². The number of nitrogens with two attached hydrogens (primary N) is 2. The highest BCUT2D eigenvalue weighted by Gasteiger charge is 2.10. The minimum atomic E-state index is -0.0111. The Kier molecular flexibility index (Phi) is 3.53. The largest absolute Gasteiger partial charge is 0.381 e. The molecule has 1 rings (SSSR count). The maximum absolute atomic E-state index is 5.24. The molecule has 0 saturated carbocycles. The van der Waals surface area contributed by atoms with E-state index < -0.39 is 0 Å². The van der Waals surface area contributed by atoms with Crippen molar-refractivity contribution in [2.75, 3.05) is 13.2 Å². The summed E-state index contributed by atoms with van der Waals surface area (Å²) >= 11 is 0. The Morgan fingerprint density at radius 1 is 1.50 bits per heavy atom. The molecule has 68 valence electrons. The summed E-state index contributed by atoms with van der Waals surface area (Å²) < 4.78 is 5.24. The van der Waals surface area contributed by atoms with E-state index in [9.17, 15) is 0 Å². The first-order valence-electron chi connectivity index (χ1n) is 3.99. The molecule has 0 aromatic carbocycles. The fourth-order valence-electron chi connectivity index (χ4n) is 1.08. The molecule has 1 unspecified atom stereocenters. The average molecular weight is 170 g/mol. The van der Waals surface area contributed by atoms with Gasteiger partial charge in [-0.15, -0.1) is 5.10 Å². The number of hydrogen-bond donors (Lipinski definition) is 2. The lowest BCUT2D eigenvalue weighted by molar-refractivity contribution is 0.0783. The van der Waals surface area contributed by atoms with E-state index in [1.165, 1.54) is 0 Å². The van der Waals surface area contributed by atoms with E-state index in [1.807, 2.05) is 0 Å². The monoisotopic (exact) mass is 170 g/mol. The number of rotatable bonds is 2. The second kappa shape index (κ2) is 4.71. The minimum Gasteiger partial charge on any atom is -0.381 e. The van der Waals surface area contributed by atoms with Gasteiger partial charge in [0.1, 0.15) is 0 Å². The van der Waals surface area contributed by atoms with Gasteiger partial charge in [0, 0.05) is 18.7 Å². The van der Waals surface area contributed by atoms with Crippen LogP contribution in [0.3, 0.4) is 0 Å². The van der Waals surface area contributed by atoms with Gasteiger partial charge in [-0.25, -0.2) is 0 Å². The Morgan fingerprint density at radius 2 is 2.33 bits per heavy atom. The second-order valence-corrected chi connectivity index (χ2v) is 2.77. The van der Waals surface area contributed by atoms with Crippen LogP contribution in [0.5, 0.6) is 0 Å². The Bertz CT molecular complexity index is 180. The van der Waals surface area contributed by atoms with Crippen LogP contribution in [0.2, 0.25) is 0 Å². The number of nitrogens with zero attached hydrogens (tertiary/aromatic N) is 2. The van der Waals surface area contributed by atoms with Crippen LogP contribution in [-0.4, -0.2) is 25.4 Å². The molecular weight excluding hydrogens is 156 g/mol. The molecule has 1 aliphatic rings. The predicted octanol–water partition coefficient (Wildman–Crippen LogP) is -0.328. The van der Waals surface area contributed by atoms with E-state index in [4.69, 9.17) is 16.2 Å². The highest BCUT2D eigenvalue weighted by molar-refractivity contribution is 5.76.